The van der Waals surface area contributed by atoms with Crippen molar-refractivity contribution >= 4 is 11.9 Å². The molecule has 0 aromatic rings. The fourth-order valence-corrected chi connectivity index (χ4v) is 2.17. The number of aliphatic carboxylic acids is 1. The number of rotatable bonds is 2. The third-order valence-electron chi connectivity index (χ3n) is 3.21. The van der Waals surface area contributed by atoms with Gasteiger partial charge in [-0.25, -0.2) is 4.79 Å². The Balaban J connectivity index is 0.00000225. The van der Waals surface area contributed by atoms with Crippen molar-refractivity contribution in [1.82, 2.24) is 0 Å². The number of ether oxygens (including phenoxy) is 1. The molecule has 0 bridgehead atoms. The summed E-state index contributed by atoms with van der Waals surface area (Å²) >= 11 is 0. The first-order valence-electron chi connectivity index (χ1n) is 5.42. The maximum Gasteiger partial charge on any atom is 1.00 e. The molecule has 0 heterocycles. The smallest absolute Gasteiger partial charge is 0.539 e. The summed E-state index contributed by atoms with van der Waals surface area (Å²) in [7, 11) is 0. The van der Waals surface area contributed by atoms with E-state index in [1.807, 2.05) is 13.8 Å². The van der Waals surface area contributed by atoms with Crippen LogP contribution in [0.15, 0.2) is 0 Å². The molecular weight excluding hydrogens is 329 g/mol. The van der Waals surface area contributed by atoms with Gasteiger partial charge in [0.05, 0.1) is 0 Å². The van der Waals surface area contributed by atoms with Crippen LogP contribution in [0.2, 0.25) is 0 Å². The minimum absolute atomic E-state index is 0. The number of hydrogen-bond donors (Lipinski definition) is 0. The number of carbonyl (C=O) groups is 2. The normalized spacial score (nSPS) is 18.7. The van der Waals surface area contributed by atoms with Gasteiger partial charge >= 0.3 is 74.9 Å². The van der Waals surface area contributed by atoms with Gasteiger partial charge in [-0.1, -0.05) is 20.3 Å². The summed E-state index contributed by atoms with van der Waals surface area (Å²) in [5.74, 6) is -2.84. The van der Waals surface area contributed by atoms with E-state index in [2.05, 4.69) is 0 Å². The first-order valence-corrected chi connectivity index (χ1v) is 5.42. The molecule has 0 saturated heterocycles. The summed E-state index contributed by atoms with van der Waals surface area (Å²) in [5.41, 5.74) is -0.588. The fourth-order valence-electron chi connectivity index (χ4n) is 2.17. The van der Waals surface area contributed by atoms with Crippen LogP contribution in [-0.4, -0.2) is 17.5 Å². The van der Waals surface area contributed by atoms with E-state index >= 15 is 0 Å². The van der Waals surface area contributed by atoms with Gasteiger partial charge in [-0.2, -0.15) is 0 Å². The molecule has 1 saturated carbocycles. The van der Waals surface area contributed by atoms with Crippen molar-refractivity contribution in [2.24, 2.45) is 5.92 Å². The van der Waals surface area contributed by atoms with Gasteiger partial charge in [0.15, 0.2) is 5.97 Å². The number of hydrogen-bond acceptors (Lipinski definition) is 4. The molecule has 0 aromatic carbocycles. The zero-order valence-corrected chi connectivity index (χ0v) is 16.5. The molecule has 0 N–H and O–H groups in total. The Labute approximate surface area is 155 Å². The maximum atomic E-state index is 11.0. The molecule has 1 aliphatic rings. The monoisotopic (exact) mass is 346 g/mol. The van der Waals surface area contributed by atoms with Crippen LogP contribution in [0.5, 0.6) is 0 Å². The number of carboxylic acid groups (broad SMARTS) is 1. The van der Waals surface area contributed by atoms with Crippen LogP contribution in [0.25, 0.3) is 0 Å². The third-order valence-corrected chi connectivity index (χ3v) is 3.21. The van der Waals surface area contributed by atoms with E-state index in [1.54, 1.807) is 0 Å². The predicted molar refractivity (Wildman–Crippen MR) is 51.8 cm³/mol. The second kappa shape index (κ2) is 7.43. The summed E-state index contributed by atoms with van der Waals surface area (Å²) in [5, 5.41) is 10.4. The Morgan fingerprint density at radius 2 is 1.69 bits per heavy atom. The summed E-state index contributed by atoms with van der Waals surface area (Å²) in [6.45, 7) is 3.90. The molecule has 4 nitrogen and oxygen atoms in total. The van der Waals surface area contributed by atoms with E-state index in [-0.39, 0.29) is 74.8 Å². The van der Waals surface area contributed by atoms with Gasteiger partial charge in [0, 0.05) is 0 Å². The molecule has 1 rings (SSSR count). The number of esters is 1. The molecule has 16 heavy (non-hydrogen) atoms. The molecule has 0 atom stereocenters. The van der Waals surface area contributed by atoms with Crippen molar-refractivity contribution in [3.63, 3.8) is 0 Å². The van der Waals surface area contributed by atoms with Crippen LogP contribution in [0.4, 0.5) is 0 Å². The van der Waals surface area contributed by atoms with Crippen molar-refractivity contribution in [3.8, 4) is 0 Å². The quantitative estimate of drug-likeness (QED) is 0.415. The van der Waals surface area contributed by atoms with E-state index < -0.39 is 17.5 Å². The standard InChI is InChI=1S/C11H18O4.Cs/c1-8(2)11(6-4-3-5-7-11)15-10(14)9(12)13;/h8H,3-7H2,1-2H3,(H,12,13);/q;+1/p-1. The van der Waals surface area contributed by atoms with E-state index in [4.69, 9.17) is 4.74 Å². The second-order valence-corrected chi connectivity index (χ2v) is 4.46. The average molecular weight is 346 g/mol. The van der Waals surface area contributed by atoms with E-state index in [0.717, 1.165) is 32.1 Å². The Bertz CT molecular complexity index is 257. The average Bonchev–Trinajstić information content (AvgIpc) is 2.18. The molecule has 0 radical (unpaired) electrons. The Hall–Kier alpha value is 0.992. The topological polar surface area (TPSA) is 66.4 Å². The molecule has 0 amide bonds. The first kappa shape index (κ1) is 17.0. The summed E-state index contributed by atoms with van der Waals surface area (Å²) in [6, 6.07) is 0. The van der Waals surface area contributed by atoms with E-state index in [0.29, 0.717) is 0 Å². The molecule has 86 valence electrons. The first-order chi connectivity index (χ1) is 6.98. The van der Waals surface area contributed by atoms with Gasteiger partial charge < -0.3 is 14.6 Å². The van der Waals surface area contributed by atoms with Crippen LogP contribution in [-0.2, 0) is 14.3 Å². The van der Waals surface area contributed by atoms with Crippen LogP contribution in [0, 0.1) is 5.92 Å². The molecule has 0 spiro atoms. The van der Waals surface area contributed by atoms with Gasteiger partial charge in [0.1, 0.15) is 5.60 Å². The Kier molecular flexibility index (Phi) is 7.89. The predicted octanol–water partition coefficient (Wildman–Crippen LogP) is -2.36. The van der Waals surface area contributed by atoms with Gasteiger partial charge in [-0.05, 0) is 31.6 Å². The number of carbonyl (C=O) groups excluding carboxylic acids is 2. The summed E-state index contributed by atoms with van der Waals surface area (Å²) < 4.78 is 5.10. The zero-order chi connectivity index (χ0) is 11.5. The fraction of sp³-hybridized carbons (Fsp3) is 0.818. The Morgan fingerprint density at radius 3 is 2.06 bits per heavy atom. The van der Waals surface area contributed by atoms with Crippen molar-refractivity contribution in [3.05, 3.63) is 0 Å². The Morgan fingerprint density at radius 1 is 1.19 bits per heavy atom. The van der Waals surface area contributed by atoms with Crippen molar-refractivity contribution in [1.29, 1.82) is 0 Å². The summed E-state index contributed by atoms with van der Waals surface area (Å²) in [4.78, 5) is 21.4. The van der Waals surface area contributed by atoms with Crippen molar-refractivity contribution < 1.29 is 88.3 Å². The van der Waals surface area contributed by atoms with Gasteiger partial charge in [-0.3, -0.25) is 0 Å². The molecular formula is C11H17CsO4. The molecule has 0 aromatic heterocycles. The van der Waals surface area contributed by atoms with Crippen LogP contribution in [0.3, 0.4) is 0 Å². The van der Waals surface area contributed by atoms with E-state index in [9.17, 15) is 14.7 Å². The SMILES string of the molecule is CC(C)C1(OC(=O)C(=O)[O-])CCCCC1.[Cs+]. The molecule has 0 unspecified atom stereocenters. The van der Waals surface area contributed by atoms with Crippen molar-refractivity contribution in [2.45, 2.75) is 51.6 Å². The minimum atomic E-state index is -1.75. The second-order valence-electron chi connectivity index (χ2n) is 4.46. The summed E-state index contributed by atoms with van der Waals surface area (Å²) in [6.07, 6.45) is 4.60. The van der Waals surface area contributed by atoms with Gasteiger partial charge in [0.25, 0.3) is 0 Å². The van der Waals surface area contributed by atoms with Crippen molar-refractivity contribution in [2.75, 3.05) is 0 Å². The van der Waals surface area contributed by atoms with Crippen LogP contribution >= 0.6 is 0 Å². The number of carboxylic acids is 1. The minimum Gasteiger partial charge on any atom is -0.539 e. The van der Waals surface area contributed by atoms with E-state index in [1.165, 1.54) is 0 Å². The van der Waals surface area contributed by atoms with Crippen LogP contribution in [0.1, 0.15) is 46.0 Å². The maximum absolute atomic E-state index is 11.0. The third kappa shape index (κ3) is 4.34. The van der Waals surface area contributed by atoms with Crippen LogP contribution < -0.4 is 74.0 Å². The molecule has 5 heteroatoms. The molecule has 1 aliphatic carbocycles. The van der Waals surface area contributed by atoms with Gasteiger partial charge in [-0.15, -0.1) is 0 Å². The largest absolute Gasteiger partial charge is 1.00 e. The molecule has 1 fully saturated rings. The zero-order valence-electron chi connectivity index (χ0n) is 10.2. The van der Waals surface area contributed by atoms with Gasteiger partial charge in [0.2, 0.25) is 0 Å². The molecule has 0 aliphatic heterocycles.